The monoisotopic (exact) mass is 455 g/mol. The lowest BCUT2D eigenvalue weighted by Crippen LogP contribution is -2.63. The maximum Gasteiger partial charge on any atom is 0.331 e. The Bertz CT molecular complexity index is 928. The molecule has 1 aliphatic carbocycles. The van der Waals surface area contributed by atoms with Crippen LogP contribution in [0.2, 0.25) is 0 Å². The van der Waals surface area contributed by atoms with Crippen molar-refractivity contribution in [2.45, 2.75) is 77.2 Å². The van der Waals surface area contributed by atoms with Crippen LogP contribution in [0.5, 0.6) is 0 Å². The molecule has 2 aliphatic heterocycles. The Morgan fingerprint density at radius 1 is 1.27 bits per heavy atom. The van der Waals surface area contributed by atoms with Gasteiger partial charge in [-0.15, -0.1) is 0 Å². The maximum absolute atomic E-state index is 13.2. The molecule has 1 aromatic rings. The lowest BCUT2D eigenvalue weighted by Gasteiger charge is -2.53. The normalized spacial score (nSPS) is 37.7. The van der Waals surface area contributed by atoms with Crippen LogP contribution in [0.3, 0.4) is 0 Å². The summed E-state index contributed by atoms with van der Waals surface area (Å²) >= 11 is 0. The summed E-state index contributed by atoms with van der Waals surface area (Å²) in [6.45, 7) is 9.89. The van der Waals surface area contributed by atoms with Crippen LogP contribution in [0.4, 0.5) is 0 Å². The zero-order chi connectivity index (χ0) is 24.0. The highest BCUT2D eigenvalue weighted by Gasteiger charge is 2.71. The molecule has 4 rings (SSSR count). The molecule has 3 fully saturated rings. The smallest absolute Gasteiger partial charge is 0.331 e. The van der Waals surface area contributed by atoms with E-state index in [1.807, 2.05) is 37.3 Å². The zero-order valence-electron chi connectivity index (χ0n) is 20.3. The van der Waals surface area contributed by atoms with E-state index in [1.54, 1.807) is 6.08 Å². The van der Waals surface area contributed by atoms with Crippen LogP contribution in [-0.2, 0) is 19.1 Å². The van der Waals surface area contributed by atoms with Crippen LogP contribution < -0.4 is 5.32 Å². The Labute approximate surface area is 196 Å². The fourth-order valence-corrected chi connectivity index (χ4v) is 6.70. The highest BCUT2D eigenvalue weighted by molar-refractivity contribution is 5.91. The summed E-state index contributed by atoms with van der Waals surface area (Å²) in [5.41, 5.74) is 0.603. The summed E-state index contributed by atoms with van der Waals surface area (Å²) in [4.78, 5) is 25.3. The molecule has 0 aromatic heterocycles. The topological polar surface area (TPSA) is 84.9 Å². The Morgan fingerprint density at radius 3 is 2.61 bits per heavy atom. The van der Waals surface area contributed by atoms with Crippen LogP contribution in [0.25, 0.3) is 5.57 Å². The number of aliphatic hydroxyl groups excluding tert-OH is 1. The molecule has 1 aromatic carbocycles. The largest absolute Gasteiger partial charge is 0.456 e. The van der Waals surface area contributed by atoms with Crippen molar-refractivity contribution in [3.8, 4) is 0 Å². The number of hydrogen-bond donors (Lipinski definition) is 2. The van der Waals surface area contributed by atoms with Gasteiger partial charge in [-0.25, -0.2) is 4.79 Å². The van der Waals surface area contributed by atoms with Gasteiger partial charge in [0.05, 0.1) is 11.6 Å². The third-order valence-electron chi connectivity index (χ3n) is 8.51. The first-order chi connectivity index (χ1) is 15.6. The second kappa shape index (κ2) is 8.88. The Kier molecular flexibility index (Phi) is 6.45. The van der Waals surface area contributed by atoms with Crippen LogP contribution in [0, 0.1) is 23.7 Å². The van der Waals surface area contributed by atoms with E-state index in [2.05, 4.69) is 33.0 Å². The first-order valence-corrected chi connectivity index (χ1v) is 12.2. The first kappa shape index (κ1) is 24.0. The molecule has 2 heterocycles. The number of amides is 1. The molecule has 7 atom stereocenters. The molecule has 1 amide bonds. The van der Waals surface area contributed by atoms with Crippen molar-refractivity contribution in [2.24, 2.45) is 23.7 Å². The van der Waals surface area contributed by atoms with Crippen molar-refractivity contribution in [2.75, 3.05) is 6.61 Å². The van der Waals surface area contributed by atoms with Crippen molar-refractivity contribution in [3.63, 3.8) is 0 Å². The van der Waals surface area contributed by atoms with Crippen molar-refractivity contribution in [1.82, 2.24) is 5.32 Å². The SMILES string of the molecule is CC(=CC(=O)OC1C2C(C)CCC2C2(C)OC1(C(C)C)CC2NC(=O)CO)c1ccccc1. The minimum absolute atomic E-state index is 0.0820. The van der Waals surface area contributed by atoms with Gasteiger partial charge in [0.15, 0.2) is 0 Å². The second-order valence-electron chi connectivity index (χ2n) is 10.7. The summed E-state index contributed by atoms with van der Waals surface area (Å²) in [6.07, 6.45) is 3.75. The molecule has 2 N–H and O–H groups in total. The van der Waals surface area contributed by atoms with E-state index < -0.39 is 29.8 Å². The molecular weight excluding hydrogens is 418 g/mol. The van der Waals surface area contributed by atoms with E-state index in [-0.39, 0.29) is 29.8 Å². The van der Waals surface area contributed by atoms with Gasteiger partial charge in [-0.2, -0.15) is 0 Å². The predicted molar refractivity (Wildman–Crippen MR) is 126 cm³/mol. The first-order valence-electron chi connectivity index (χ1n) is 12.2. The summed E-state index contributed by atoms with van der Waals surface area (Å²) in [6, 6.07) is 9.57. The number of allylic oxidation sites excluding steroid dienone is 1. The molecule has 180 valence electrons. The standard InChI is InChI=1S/C27H37NO5/c1-16(2)27-14-21(28-22(30)15-29)26(5,33-27)20-12-11-17(3)24(20)25(27)32-23(31)13-18(4)19-9-7-6-8-10-19/h6-10,13,16-17,20-21,24-25,29H,11-12,14-15H2,1-5H3,(H,28,30). The number of fused-ring (bicyclic) bond motifs is 4. The number of rotatable bonds is 6. The minimum Gasteiger partial charge on any atom is -0.456 e. The summed E-state index contributed by atoms with van der Waals surface area (Å²) in [5, 5.41) is 12.4. The number of benzene rings is 1. The average Bonchev–Trinajstić information content (AvgIpc) is 3.30. The summed E-state index contributed by atoms with van der Waals surface area (Å²) < 4.78 is 13.1. The summed E-state index contributed by atoms with van der Waals surface area (Å²) in [5.74, 6) is 0.0572. The Morgan fingerprint density at radius 2 is 1.97 bits per heavy atom. The summed E-state index contributed by atoms with van der Waals surface area (Å²) in [7, 11) is 0. The molecule has 0 spiro atoms. The fraction of sp³-hybridized carbons (Fsp3) is 0.630. The number of nitrogens with one attached hydrogen (secondary N) is 1. The van der Waals surface area contributed by atoms with Gasteiger partial charge < -0.3 is 19.9 Å². The molecule has 2 saturated heterocycles. The van der Waals surface area contributed by atoms with E-state index >= 15 is 0 Å². The van der Waals surface area contributed by atoms with Crippen molar-refractivity contribution >= 4 is 17.4 Å². The minimum atomic E-state index is -0.688. The highest BCUT2D eigenvalue weighted by atomic mass is 16.6. The third kappa shape index (κ3) is 4.01. The zero-order valence-corrected chi connectivity index (χ0v) is 20.3. The number of ether oxygens (including phenoxy) is 2. The Hall–Kier alpha value is -2.18. The average molecular weight is 456 g/mol. The van der Waals surface area contributed by atoms with E-state index in [0.717, 1.165) is 24.0 Å². The van der Waals surface area contributed by atoms with Gasteiger partial charge in [0.2, 0.25) is 5.91 Å². The molecule has 33 heavy (non-hydrogen) atoms. The predicted octanol–water partition coefficient (Wildman–Crippen LogP) is 3.73. The molecular formula is C27H37NO5. The quantitative estimate of drug-likeness (QED) is 0.504. The number of hydrogen-bond acceptors (Lipinski definition) is 5. The lowest BCUT2D eigenvalue weighted by atomic mass is 9.69. The van der Waals surface area contributed by atoms with E-state index in [1.165, 1.54) is 0 Å². The molecule has 3 aliphatic rings. The number of esters is 1. The number of aliphatic hydroxyl groups is 1. The highest BCUT2D eigenvalue weighted by Crippen LogP contribution is 2.62. The van der Waals surface area contributed by atoms with Crippen molar-refractivity contribution in [3.05, 3.63) is 42.0 Å². The van der Waals surface area contributed by atoms with Gasteiger partial charge in [-0.1, -0.05) is 51.1 Å². The van der Waals surface area contributed by atoms with Gasteiger partial charge in [0.25, 0.3) is 0 Å². The fourth-order valence-electron chi connectivity index (χ4n) is 6.70. The molecule has 7 unspecified atom stereocenters. The number of carbonyl (C=O) groups is 2. The van der Waals surface area contributed by atoms with Crippen LogP contribution >= 0.6 is 0 Å². The molecule has 0 radical (unpaired) electrons. The Balaban J connectivity index is 1.68. The maximum atomic E-state index is 13.2. The van der Waals surface area contributed by atoms with E-state index in [4.69, 9.17) is 9.47 Å². The van der Waals surface area contributed by atoms with Gasteiger partial charge in [-0.05, 0) is 55.6 Å². The van der Waals surface area contributed by atoms with Gasteiger partial charge in [-0.3, -0.25) is 4.79 Å². The van der Waals surface area contributed by atoms with Crippen LogP contribution in [0.1, 0.15) is 59.4 Å². The van der Waals surface area contributed by atoms with E-state index in [9.17, 15) is 14.7 Å². The number of carbonyl (C=O) groups excluding carboxylic acids is 2. The van der Waals surface area contributed by atoms with E-state index in [0.29, 0.717) is 12.3 Å². The van der Waals surface area contributed by atoms with Crippen molar-refractivity contribution in [1.29, 1.82) is 0 Å². The van der Waals surface area contributed by atoms with Gasteiger partial charge in [0, 0.05) is 18.4 Å². The molecule has 2 bridgehead atoms. The molecule has 1 saturated carbocycles. The molecule has 6 nitrogen and oxygen atoms in total. The van der Waals surface area contributed by atoms with Crippen LogP contribution in [-0.4, -0.2) is 46.9 Å². The van der Waals surface area contributed by atoms with Gasteiger partial charge in [0.1, 0.15) is 18.3 Å². The van der Waals surface area contributed by atoms with Crippen LogP contribution in [0.15, 0.2) is 36.4 Å². The third-order valence-corrected chi connectivity index (χ3v) is 8.51. The van der Waals surface area contributed by atoms with Crippen molar-refractivity contribution < 1.29 is 24.2 Å². The molecule has 6 heteroatoms. The lowest BCUT2D eigenvalue weighted by molar-refractivity contribution is -0.259. The van der Waals surface area contributed by atoms with Gasteiger partial charge >= 0.3 is 5.97 Å². The second-order valence-corrected chi connectivity index (χ2v) is 10.7.